The van der Waals surface area contributed by atoms with Gasteiger partial charge in [-0.15, -0.1) is 0 Å². The Morgan fingerprint density at radius 1 is 1.25 bits per heavy atom. The fraction of sp³-hybridized carbons (Fsp3) is 0.625. The molecule has 0 fully saturated rings. The molecule has 3 N–H and O–H groups in total. The molecular weight excluding hydrogens is 252 g/mol. The summed E-state index contributed by atoms with van der Waals surface area (Å²) in [7, 11) is 1.74. The highest BCUT2D eigenvalue weighted by Gasteiger charge is 2.17. The molecule has 4 heteroatoms. The van der Waals surface area contributed by atoms with Crippen LogP contribution in [0.4, 0.5) is 11.4 Å². The molecule has 0 aliphatic heterocycles. The Hall–Kier alpha value is -1.42. The van der Waals surface area contributed by atoms with Crippen LogP contribution in [0.2, 0.25) is 0 Å². The van der Waals surface area contributed by atoms with Crippen molar-refractivity contribution in [2.24, 2.45) is 5.41 Å². The second kappa shape index (κ2) is 8.00. The number of ether oxygens (including phenoxy) is 2. The minimum atomic E-state index is 0.182. The summed E-state index contributed by atoms with van der Waals surface area (Å²) < 4.78 is 10.8. The van der Waals surface area contributed by atoms with E-state index in [4.69, 9.17) is 15.2 Å². The first-order valence-electron chi connectivity index (χ1n) is 7.23. The molecule has 0 saturated carbocycles. The molecule has 1 rings (SSSR count). The van der Waals surface area contributed by atoms with Crippen LogP contribution in [0.25, 0.3) is 0 Å². The van der Waals surface area contributed by atoms with Crippen LogP contribution in [-0.2, 0) is 4.74 Å². The summed E-state index contributed by atoms with van der Waals surface area (Å²) in [5.74, 6) is 0.756. The largest absolute Gasteiger partial charge is 0.491 e. The summed E-state index contributed by atoms with van der Waals surface area (Å²) >= 11 is 0. The lowest BCUT2D eigenvalue weighted by atomic mass is 9.89. The number of nitrogen functional groups attached to an aromatic ring is 1. The molecule has 114 valence electrons. The molecule has 0 bridgehead atoms. The zero-order chi connectivity index (χ0) is 15.0. The van der Waals surface area contributed by atoms with Gasteiger partial charge in [-0.2, -0.15) is 0 Å². The Kier molecular flexibility index (Phi) is 6.65. The van der Waals surface area contributed by atoms with E-state index in [1.165, 1.54) is 0 Å². The molecule has 1 aromatic carbocycles. The molecule has 20 heavy (non-hydrogen) atoms. The fourth-order valence-electron chi connectivity index (χ4n) is 1.79. The van der Waals surface area contributed by atoms with Gasteiger partial charge >= 0.3 is 0 Å². The van der Waals surface area contributed by atoms with Crippen LogP contribution in [0, 0.1) is 5.41 Å². The molecule has 0 atom stereocenters. The van der Waals surface area contributed by atoms with E-state index in [-0.39, 0.29) is 5.41 Å². The lowest BCUT2D eigenvalue weighted by Crippen LogP contribution is -2.24. The Labute approximate surface area is 122 Å². The van der Waals surface area contributed by atoms with E-state index < -0.39 is 0 Å². The molecule has 1 aromatic rings. The maximum absolute atomic E-state index is 5.91. The van der Waals surface area contributed by atoms with Gasteiger partial charge in [-0.05, 0) is 30.4 Å². The predicted octanol–water partition coefficient (Wildman–Crippen LogP) is 3.53. The van der Waals surface area contributed by atoms with Gasteiger partial charge in [0.2, 0.25) is 0 Å². The van der Waals surface area contributed by atoms with Crippen LogP contribution in [-0.4, -0.2) is 26.9 Å². The maximum Gasteiger partial charge on any atom is 0.144 e. The molecule has 0 amide bonds. The predicted molar refractivity (Wildman–Crippen MR) is 85.4 cm³/mol. The summed E-state index contributed by atoms with van der Waals surface area (Å²) in [5.41, 5.74) is 7.81. The SMILES string of the molecule is CCCOc1cc(NCC(C)(C)CCOC)ccc1N. The van der Waals surface area contributed by atoms with Crippen molar-refractivity contribution >= 4 is 11.4 Å². The van der Waals surface area contributed by atoms with Crippen molar-refractivity contribution in [3.8, 4) is 5.75 Å². The van der Waals surface area contributed by atoms with E-state index in [1.807, 2.05) is 18.2 Å². The summed E-state index contributed by atoms with van der Waals surface area (Å²) in [6.07, 6.45) is 1.99. The fourth-order valence-corrected chi connectivity index (χ4v) is 1.79. The summed E-state index contributed by atoms with van der Waals surface area (Å²) in [6, 6.07) is 5.84. The number of hydrogen-bond acceptors (Lipinski definition) is 4. The topological polar surface area (TPSA) is 56.5 Å². The Bertz CT molecular complexity index is 405. The maximum atomic E-state index is 5.91. The van der Waals surface area contributed by atoms with Crippen molar-refractivity contribution in [1.29, 1.82) is 0 Å². The van der Waals surface area contributed by atoms with Crippen molar-refractivity contribution in [2.75, 3.05) is 37.9 Å². The van der Waals surface area contributed by atoms with Gasteiger partial charge in [0.15, 0.2) is 0 Å². The number of methoxy groups -OCH3 is 1. The highest BCUT2D eigenvalue weighted by Crippen LogP contribution is 2.27. The lowest BCUT2D eigenvalue weighted by Gasteiger charge is -2.25. The van der Waals surface area contributed by atoms with Crippen molar-refractivity contribution in [1.82, 2.24) is 0 Å². The number of rotatable bonds is 9. The third kappa shape index (κ3) is 5.70. The zero-order valence-electron chi connectivity index (χ0n) is 13.2. The highest BCUT2D eigenvalue weighted by molar-refractivity contribution is 5.61. The molecule has 0 saturated heterocycles. The van der Waals surface area contributed by atoms with Gasteiger partial charge in [0, 0.05) is 32.0 Å². The van der Waals surface area contributed by atoms with Gasteiger partial charge < -0.3 is 20.5 Å². The van der Waals surface area contributed by atoms with Gasteiger partial charge in [-0.1, -0.05) is 20.8 Å². The first-order chi connectivity index (χ1) is 9.48. The minimum absolute atomic E-state index is 0.182. The first kappa shape index (κ1) is 16.6. The third-order valence-electron chi connectivity index (χ3n) is 3.23. The van der Waals surface area contributed by atoms with Crippen LogP contribution >= 0.6 is 0 Å². The van der Waals surface area contributed by atoms with E-state index in [2.05, 4.69) is 26.1 Å². The van der Waals surface area contributed by atoms with Crippen LogP contribution in [0.15, 0.2) is 18.2 Å². The van der Waals surface area contributed by atoms with Gasteiger partial charge in [0.25, 0.3) is 0 Å². The van der Waals surface area contributed by atoms with Crippen LogP contribution < -0.4 is 15.8 Å². The summed E-state index contributed by atoms with van der Waals surface area (Å²) in [4.78, 5) is 0. The molecule has 0 heterocycles. The highest BCUT2D eigenvalue weighted by atomic mass is 16.5. The van der Waals surface area contributed by atoms with Gasteiger partial charge in [0.1, 0.15) is 5.75 Å². The second-order valence-corrected chi connectivity index (χ2v) is 5.86. The van der Waals surface area contributed by atoms with Gasteiger partial charge in [0.05, 0.1) is 12.3 Å². The molecule has 4 nitrogen and oxygen atoms in total. The van der Waals surface area contributed by atoms with Crippen molar-refractivity contribution in [3.05, 3.63) is 18.2 Å². The standard InChI is InChI=1S/C16H28N2O2/c1-5-9-20-15-11-13(6-7-14(15)17)18-12-16(2,3)8-10-19-4/h6-7,11,18H,5,8-10,12,17H2,1-4H3. The van der Waals surface area contributed by atoms with Crippen LogP contribution in [0.5, 0.6) is 5.75 Å². The normalized spacial score (nSPS) is 11.4. The number of hydrogen-bond donors (Lipinski definition) is 2. The van der Waals surface area contributed by atoms with E-state index >= 15 is 0 Å². The minimum Gasteiger partial charge on any atom is -0.491 e. The number of nitrogens with two attached hydrogens (primary N) is 1. The van der Waals surface area contributed by atoms with Crippen molar-refractivity contribution in [2.45, 2.75) is 33.6 Å². The average Bonchev–Trinajstić information content (AvgIpc) is 2.43. The molecule has 0 aromatic heterocycles. The molecule has 0 radical (unpaired) electrons. The average molecular weight is 280 g/mol. The number of nitrogens with one attached hydrogen (secondary N) is 1. The smallest absolute Gasteiger partial charge is 0.144 e. The van der Waals surface area contributed by atoms with Gasteiger partial charge in [-0.3, -0.25) is 0 Å². The van der Waals surface area contributed by atoms with Crippen LogP contribution in [0.3, 0.4) is 0 Å². The number of benzene rings is 1. The summed E-state index contributed by atoms with van der Waals surface area (Å²) in [5, 5.41) is 3.45. The second-order valence-electron chi connectivity index (χ2n) is 5.86. The summed E-state index contributed by atoms with van der Waals surface area (Å²) in [6.45, 7) is 8.88. The molecular formula is C16H28N2O2. The number of anilines is 2. The first-order valence-corrected chi connectivity index (χ1v) is 7.23. The lowest BCUT2D eigenvalue weighted by molar-refractivity contribution is 0.157. The molecule has 0 aliphatic rings. The zero-order valence-corrected chi connectivity index (χ0v) is 13.2. The monoisotopic (exact) mass is 280 g/mol. The van der Waals surface area contributed by atoms with E-state index in [1.54, 1.807) is 7.11 Å². The van der Waals surface area contributed by atoms with Crippen molar-refractivity contribution in [3.63, 3.8) is 0 Å². The van der Waals surface area contributed by atoms with Gasteiger partial charge in [-0.25, -0.2) is 0 Å². The molecule has 0 spiro atoms. The third-order valence-corrected chi connectivity index (χ3v) is 3.23. The quantitative estimate of drug-likeness (QED) is 0.679. The van der Waals surface area contributed by atoms with E-state index in [9.17, 15) is 0 Å². The van der Waals surface area contributed by atoms with E-state index in [0.717, 1.165) is 37.4 Å². The Morgan fingerprint density at radius 2 is 2.00 bits per heavy atom. The molecule has 0 aliphatic carbocycles. The Balaban J connectivity index is 2.59. The molecule has 0 unspecified atom stereocenters. The van der Waals surface area contributed by atoms with Crippen molar-refractivity contribution < 1.29 is 9.47 Å². The van der Waals surface area contributed by atoms with E-state index in [0.29, 0.717) is 12.3 Å². The van der Waals surface area contributed by atoms with Crippen LogP contribution in [0.1, 0.15) is 33.6 Å². The Morgan fingerprint density at radius 3 is 2.65 bits per heavy atom.